The highest BCUT2D eigenvalue weighted by Gasteiger charge is 2.29. The Morgan fingerprint density at radius 1 is 0.614 bits per heavy atom. The van der Waals surface area contributed by atoms with Gasteiger partial charge in [-0.25, -0.2) is 9.59 Å². The van der Waals surface area contributed by atoms with Gasteiger partial charge in [-0.1, -0.05) is 97.3 Å². The van der Waals surface area contributed by atoms with Crippen LogP contribution in [0.1, 0.15) is 144 Å². The zero-order chi connectivity index (χ0) is 31.2. The number of hydrogen-bond acceptors (Lipinski definition) is 6. The Labute approximate surface area is 266 Å². The summed E-state index contributed by atoms with van der Waals surface area (Å²) in [6.45, 7) is 5.85. The van der Waals surface area contributed by atoms with E-state index in [-0.39, 0.29) is 12.5 Å². The first-order chi connectivity index (χ1) is 21.6. The molecule has 1 aliphatic carbocycles. The fraction of sp³-hybridized carbons (Fsp3) is 0.632. The second kappa shape index (κ2) is 21.6. The molecule has 6 nitrogen and oxygen atoms in total. The van der Waals surface area contributed by atoms with Crippen LogP contribution in [-0.4, -0.2) is 37.9 Å². The summed E-state index contributed by atoms with van der Waals surface area (Å²) in [5, 5.41) is 0. The second-order valence-electron chi connectivity index (χ2n) is 12.2. The lowest BCUT2D eigenvalue weighted by atomic mass is 9.85. The Bertz CT molecular complexity index is 1040. The molecule has 2 aromatic rings. The number of esters is 2. The van der Waals surface area contributed by atoms with E-state index in [0.29, 0.717) is 24.3 Å². The van der Waals surface area contributed by atoms with Crippen LogP contribution >= 0.6 is 0 Å². The molecule has 0 aliphatic heterocycles. The Kier molecular flexibility index (Phi) is 17.4. The summed E-state index contributed by atoms with van der Waals surface area (Å²) in [6, 6.07) is 14.2. The monoisotopic (exact) mass is 608 g/mol. The van der Waals surface area contributed by atoms with Crippen molar-refractivity contribution in [3.05, 3.63) is 59.7 Å². The maximum Gasteiger partial charge on any atom is 0.338 e. The van der Waals surface area contributed by atoms with Crippen LogP contribution in [0.2, 0.25) is 0 Å². The smallest absolute Gasteiger partial charge is 0.338 e. The lowest BCUT2D eigenvalue weighted by Gasteiger charge is -2.29. The number of ether oxygens (including phenoxy) is 4. The third kappa shape index (κ3) is 13.7. The summed E-state index contributed by atoms with van der Waals surface area (Å²) in [5.41, 5.74) is 0.933. The molecule has 1 unspecified atom stereocenters. The van der Waals surface area contributed by atoms with E-state index in [2.05, 4.69) is 13.8 Å². The van der Waals surface area contributed by atoms with E-state index in [9.17, 15) is 9.59 Å². The van der Waals surface area contributed by atoms with Gasteiger partial charge in [0.1, 0.15) is 24.2 Å². The first-order valence-corrected chi connectivity index (χ1v) is 17.4. The zero-order valence-corrected chi connectivity index (χ0v) is 27.4. The van der Waals surface area contributed by atoms with Crippen molar-refractivity contribution >= 4 is 11.9 Å². The van der Waals surface area contributed by atoms with Crippen molar-refractivity contribution < 1.29 is 28.5 Å². The molecular formula is C38H56O6. The van der Waals surface area contributed by atoms with Crippen molar-refractivity contribution in [3.8, 4) is 11.5 Å². The first-order valence-electron chi connectivity index (χ1n) is 17.4. The molecule has 2 aromatic carbocycles. The van der Waals surface area contributed by atoms with Crippen LogP contribution in [-0.2, 0) is 9.47 Å². The fourth-order valence-electron chi connectivity index (χ4n) is 5.74. The molecule has 244 valence electrons. The van der Waals surface area contributed by atoms with Gasteiger partial charge < -0.3 is 18.9 Å². The molecule has 0 spiro atoms. The van der Waals surface area contributed by atoms with E-state index in [0.717, 1.165) is 50.0 Å². The average Bonchev–Trinajstić information content (AvgIpc) is 3.06. The maximum atomic E-state index is 13.1. The normalized spacial score (nSPS) is 14.1. The van der Waals surface area contributed by atoms with E-state index in [1.807, 2.05) is 24.3 Å². The first kappa shape index (κ1) is 35.5. The number of benzene rings is 2. The van der Waals surface area contributed by atoms with Crippen LogP contribution < -0.4 is 9.47 Å². The standard InChI is InChI=1S/C38H56O6/c1-3-5-7-9-11-16-28-41-34-24-20-32(21-25-34)37(39)43-30-36(31-18-14-13-15-19-31)44-38(40)33-22-26-35(27-23-33)42-29-17-12-10-8-6-4-2/h20-27,31,36H,3-19,28-30H2,1-2H3. The number of carbonyl (C=O) groups excluding carboxylic acids is 2. The van der Waals surface area contributed by atoms with E-state index in [1.54, 1.807) is 24.3 Å². The van der Waals surface area contributed by atoms with Crippen LogP contribution in [0, 0.1) is 5.92 Å². The van der Waals surface area contributed by atoms with Crippen molar-refractivity contribution in [1.82, 2.24) is 0 Å². The molecule has 1 fully saturated rings. The number of hydrogen-bond donors (Lipinski definition) is 0. The van der Waals surface area contributed by atoms with E-state index in [4.69, 9.17) is 18.9 Å². The van der Waals surface area contributed by atoms with Crippen LogP contribution in [0.25, 0.3) is 0 Å². The Morgan fingerprint density at radius 2 is 1.07 bits per heavy atom. The van der Waals surface area contributed by atoms with Gasteiger partial charge >= 0.3 is 11.9 Å². The Hall–Kier alpha value is -3.02. The van der Waals surface area contributed by atoms with Gasteiger partial charge in [-0.15, -0.1) is 0 Å². The minimum absolute atomic E-state index is 0.0466. The van der Waals surface area contributed by atoms with Crippen molar-refractivity contribution in [2.24, 2.45) is 5.92 Å². The summed E-state index contributed by atoms with van der Waals surface area (Å²) >= 11 is 0. The minimum Gasteiger partial charge on any atom is -0.494 e. The molecule has 1 saturated carbocycles. The highest BCUT2D eigenvalue weighted by Crippen LogP contribution is 2.29. The second-order valence-corrected chi connectivity index (χ2v) is 12.2. The molecular weight excluding hydrogens is 552 g/mol. The summed E-state index contributed by atoms with van der Waals surface area (Å²) in [6.07, 6.45) is 19.4. The zero-order valence-electron chi connectivity index (χ0n) is 27.4. The third-order valence-corrected chi connectivity index (χ3v) is 8.53. The maximum absolute atomic E-state index is 13.1. The van der Waals surface area contributed by atoms with Gasteiger partial charge in [-0.3, -0.25) is 0 Å². The van der Waals surface area contributed by atoms with Crippen molar-refractivity contribution in [2.45, 2.75) is 129 Å². The lowest BCUT2D eigenvalue weighted by Crippen LogP contribution is -2.33. The molecule has 0 amide bonds. The molecule has 44 heavy (non-hydrogen) atoms. The summed E-state index contributed by atoms with van der Waals surface area (Å²) in [5.74, 6) is 0.870. The van der Waals surface area contributed by atoms with Gasteiger partial charge in [0.2, 0.25) is 0 Å². The molecule has 3 rings (SSSR count). The van der Waals surface area contributed by atoms with Gasteiger partial charge in [0.05, 0.1) is 24.3 Å². The van der Waals surface area contributed by atoms with E-state index < -0.39 is 18.0 Å². The summed E-state index contributed by atoms with van der Waals surface area (Å²) < 4.78 is 23.4. The molecule has 0 radical (unpaired) electrons. The molecule has 0 N–H and O–H groups in total. The largest absolute Gasteiger partial charge is 0.494 e. The van der Waals surface area contributed by atoms with Crippen LogP contribution in [0.15, 0.2) is 48.5 Å². The average molecular weight is 609 g/mol. The highest BCUT2D eigenvalue weighted by molar-refractivity contribution is 5.90. The number of unbranched alkanes of at least 4 members (excludes halogenated alkanes) is 10. The molecule has 0 bridgehead atoms. The molecule has 6 heteroatoms. The lowest BCUT2D eigenvalue weighted by molar-refractivity contribution is -0.0247. The number of rotatable bonds is 22. The predicted molar refractivity (Wildman–Crippen MR) is 177 cm³/mol. The quantitative estimate of drug-likeness (QED) is 0.0978. The fourth-order valence-corrected chi connectivity index (χ4v) is 5.74. The predicted octanol–water partition coefficient (Wildman–Crippen LogP) is 10.1. The third-order valence-electron chi connectivity index (χ3n) is 8.53. The molecule has 0 saturated heterocycles. The van der Waals surface area contributed by atoms with E-state index >= 15 is 0 Å². The van der Waals surface area contributed by atoms with Crippen molar-refractivity contribution in [3.63, 3.8) is 0 Å². The van der Waals surface area contributed by atoms with Gasteiger partial charge in [0.25, 0.3) is 0 Å². The van der Waals surface area contributed by atoms with Crippen LogP contribution in [0.3, 0.4) is 0 Å². The molecule has 1 atom stereocenters. The van der Waals surface area contributed by atoms with Crippen LogP contribution in [0.4, 0.5) is 0 Å². The Morgan fingerprint density at radius 3 is 1.57 bits per heavy atom. The van der Waals surface area contributed by atoms with E-state index in [1.165, 1.54) is 70.6 Å². The minimum atomic E-state index is -0.477. The summed E-state index contributed by atoms with van der Waals surface area (Å²) in [4.78, 5) is 26.0. The van der Waals surface area contributed by atoms with Crippen molar-refractivity contribution in [1.29, 1.82) is 0 Å². The molecule has 0 heterocycles. The van der Waals surface area contributed by atoms with Crippen molar-refractivity contribution in [2.75, 3.05) is 19.8 Å². The molecule has 0 aromatic heterocycles. The van der Waals surface area contributed by atoms with Gasteiger partial charge in [-0.05, 0) is 80.1 Å². The van der Waals surface area contributed by atoms with Crippen LogP contribution in [0.5, 0.6) is 11.5 Å². The topological polar surface area (TPSA) is 71.1 Å². The SMILES string of the molecule is CCCCCCCCOc1ccc(C(=O)OCC(OC(=O)c2ccc(OCCCCCCCC)cc2)C2CCCCC2)cc1. The number of carbonyl (C=O) groups is 2. The summed E-state index contributed by atoms with van der Waals surface area (Å²) in [7, 11) is 0. The highest BCUT2D eigenvalue weighted by atomic mass is 16.6. The Balaban J connectivity index is 1.45. The van der Waals surface area contributed by atoms with Gasteiger partial charge in [0.15, 0.2) is 0 Å². The molecule has 1 aliphatic rings. The van der Waals surface area contributed by atoms with Gasteiger partial charge in [-0.2, -0.15) is 0 Å². The van der Waals surface area contributed by atoms with Gasteiger partial charge in [0, 0.05) is 0 Å².